The number of ether oxygens (including phenoxy) is 4. The second kappa shape index (κ2) is 15.4. The van der Waals surface area contributed by atoms with Gasteiger partial charge in [0.2, 0.25) is 0 Å². The Morgan fingerprint density at radius 1 is 0.942 bits per heavy atom. The molecule has 282 valence electrons. The van der Waals surface area contributed by atoms with E-state index >= 15 is 0 Å². The van der Waals surface area contributed by atoms with Crippen molar-refractivity contribution in [1.29, 1.82) is 0 Å². The first-order valence-electron chi connectivity index (χ1n) is 16.9. The summed E-state index contributed by atoms with van der Waals surface area (Å²) in [6.07, 6.45) is 3.41. The summed E-state index contributed by atoms with van der Waals surface area (Å²) >= 11 is 0. The van der Waals surface area contributed by atoms with Gasteiger partial charge in [0.1, 0.15) is 23.4 Å². The number of allylic oxidation sites excluding steroid dienone is 2. The molecular weight excluding hydrogens is 678 g/mol. The van der Waals surface area contributed by atoms with Crippen LogP contribution in [0.2, 0.25) is 0 Å². The van der Waals surface area contributed by atoms with E-state index in [0.29, 0.717) is 0 Å². The smallest absolute Gasteiger partial charge is 0.312 e. The van der Waals surface area contributed by atoms with Crippen molar-refractivity contribution >= 4 is 40.4 Å². The standard InChI is InChI=1S/C38H47NO13/c1-16-11-10-12-17(2)37(48)39-28-23(15-40)32(45)25-26(33(28)46)31(44)21(6)35-27(25)36(47)38(8,52-35)50-14-13-24(49-9)18(3)34(51-22(7)41)20(5)30(43)19(4)29(16)42/h10-16,18-20,24,29-30,34,42-46H,1-9H3,(H,39,48)/b11-10-,14-13-,17-12-/t16-,18+,19-,20-,24+,29-,30-,34-,38-/m0/s1. The maximum absolute atomic E-state index is 14.0. The Balaban J connectivity index is 1.93. The van der Waals surface area contributed by atoms with Crippen LogP contribution < -0.4 is 10.1 Å². The number of amides is 1. The van der Waals surface area contributed by atoms with E-state index in [1.807, 2.05) is 0 Å². The second-order valence-electron chi connectivity index (χ2n) is 13.7. The number of anilines is 1. The average molecular weight is 726 g/mol. The molecule has 9 atom stereocenters. The Hall–Kier alpha value is -4.92. The number of carbonyl (C=O) groups is 4. The first kappa shape index (κ1) is 39.9. The van der Waals surface area contributed by atoms with Gasteiger partial charge in [-0.3, -0.25) is 19.2 Å². The third-order valence-corrected chi connectivity index (χ3v) is 10.2. The molecule has 5 bridgehead atoms. The first-order chi connectivity index (χ1) is 24.3. The fraction of sp³-hybridized carbons (Fsp3) is 0.474. The molecule has 0 fully saturated rings. The number of aldehydes is 1. The van der Waals surface area contributed by atoms with Crippen molar-refractivity contribution in [3.05, 3.63) is 52.8 Å². The highest BCUT2D eigenvalue weighted by Crippen LogP contribution is 2.55. The van der Waals surface area contributed by atoms with Crippen LogP contribution in [0, 0.1) is 30.6 Å². The molecule has 1 amide bonds. The zero-order valence-electron chi connectivity index (χ0n) is 30.6. The van der Waals surface area contributed by atoms with Gasteiger partial charge < -0.3 is 49.8 Å². The number of phenols is 3. The number of nitrogens with one attached hydrogen (secondary N) is 1. The Kier molecular flexibility index (Phi) is 11.8. The summed E-state index contributed by atoms with van der Waals surface area (Å²) in [5.74, 6) is -9.19. The zero-order chi connectivity index (χ0) is 39.0. The first-order valence-corrected chi connectivity index (χ1v) is 16.9. The molecule has 0 unspecified atom stereocenters. The van der Waals surface area contributed by atoms with E-state index in [-0.39, 0.29) is 28.7 Å². The minimum absolute atomic E-state index is 0.00425. The van der Waals surface area contributed by atoms with Crippen molar-refractivity contribution in [2.75, 3.05) is 12.4 Å². The largest absolute Gasteiger partial charge is 0.507 e. The Bertz CT molecular complexity index is 1860. The lowest BCUT2D eigenvalue weighted by molar-refractivity contribution is -0.160. The Morgan fingerprint density at radius 3 is 2.19 bits per heavy atom. The Labute approximate surface area is 301 Å². The lowest BCUT2D eigenvalue weighted by Gasteiger charge is -2.38. The summed E-state index contributed by atoms with van der Waals surface area (Å²) in [6.45, 7) is 12.2. The van der Waals surface area contributed by atoms with Gasteiger partial charge in [0, 0.05) is 61.2 Å². The molecule has 14 nitrogen and oxygen atoms in total. The van der Waals surface area contributed by atoms with Crippen LogP contribution in [0.15, 0.2) is 36.1 Å². The lowest BCUT2D eigenvalue weighted by atomic mass is 9.78. The fourth-order valence-corrected chi connectivity index (χ4v) is 6.86. The van der Waals surface area contributed by atoms with Crippen molar-refractivity contribution < 1.29 is 63.7 Å². The van der Waals surface area contributed by atoms with Gasteiger partial charge >= 0.3 is 11.8 Å². The molecule has 0 saturated carbocycles. The van der Waals surface area contributed by atoms with Gasteiger partial charge in [-0.1, -0.05) is 45.9 Å². The van der Waals surface area contributed by atoms with Crippen LogP contribution >= 0.6 is 0 Å². The molecule has 6 N–H and O–H groups in total. The third kappa shape index (κ3) is 7.10. The number of aromatic hydroxyl groups is 3. The number of phenolic OH excluding ortho intramolecular Hbond substituents is 3. The molecule has 3 aliphatic heterocycles. The molecule has 0 saturated heterocycles. The van der Waals surface area contributed by atoms with E-state index in [1.165, 1.54) is 53.0 Å². The number of ketones is 1. The number of hydrogen-bond donors (Lipinski definition) is 6. The van der Waals surface area contributed by atoms with E-state index in [9.17, 15) is 44.7 Å². The SMILES string of the molecule is CO[C@@H]1/C=C\O[C@@]2(C)Oc3c(C)c(O)c4c(O)c(c(C=O)c(O)c4c3C2=O)NC(=O)/C(C)=C\C=C/[C@H](C)[C@H](O)[C@H](C)[C@H](O)[C@H](C)[C@@H](OC(C)=O)[C@@H]1C. The molecule has 5 rings (SSSR count). The van der Waals surface area contributed by atoms with Crippen molar-refractivity contribution in [3.63, 3.8) is 0 Å². The van der Waals surface area contributed by atoms with Crippen LogP contribution in [-0.2, 0) is 23.8 Å². The van der Waals surface area contributed by atoms with Crippen molar-refractivity contribution in [2.45, 2.75) is 85.6 Å². The summed E-state index contributed by atoms with van der Waals surface area (Å²) in [7, 11) is 1.41. The third-order valence-electron chi connectivity index (χ3n) is 10.2. The monoisotopic (exact) mass is 725 g/mol. The molecule has 0 aliphatic carbocycles. The normalized spacial score (nSPS) is 32.3. The van der Waals surface area contributed by atoms with Crippen LogP contribution in [0.4, 0.5) is 5.69 Å². The van der Waals surface area contributed by atoms with Gasteiger partial charge in [-0.25, -0.2) is 0 Å². The molecule has 14 heteroatoms. The maximum atomic E-state index is 14.0. The van der Waals surface area contributed by atoms with E-state index in [4.69, 9.17) is 18.9 Å². The molecule has 3 heterocycles. The number of aliphatic hydroxyl groups is 2. The summed E-state index contributed by atoms with van der Waals surface area (Å²) in [5, 5.41) is 58.2. The highest BCUT2D eigenvalue weighted by atomic mass is 16.7. The number of Topliss-reactive ketones (excluding diaryl/α,β-unsaturated/α-hetero) is 1. The van der Waals surface area contributed by atoms with Crippen LogP contribution in [0.1, 0.15) is 74.7 Å². The summed E-state index contributed by atoms with van der Waals surface area (Å²) in [5.41, 5.74) is -1.27. The summed E-state index contributed by atoms with van der Waals surface area (Å²) in [4.78, 5) is 51.8. The highest BCUT2D eigenvalue weighted by Gasteiger charge is 2.50. The average Bonchev–Trinajstić information content (AvgIpc) is 3.36. The molecule has 0 aromatic heterocycles. The van der Waals surface area contributed by atoms with Gasteiger partial charge in [0.15, 0.2) is 12.0 Å². The zero-order valence-corrected chi connectivity index (χ0v) is 30.6. The number of aliphatic hydroxyl groups excluding tert-OH is 2. The quantitative estimate of drug-likeness (QED) is 0.111. The van der Waals surface area contributed by atoms with Crippen molar-refractivity contribution in [3.8, 4) is 23.0 Å². The summed E-state index contributed by atoms with van der Waals surface area (Å²) < 4.78 is 23.1. The van der Waals surface area contributed by atoms with E-state index < -0.39 is 111 Å². The van der Waals surface area contributed by atoms with Gasteiger partial charge in [0.25, 0.3) is 11.7 Å². The summed E-state index contributed by atoms with van der Waals surface area (Å²) in [6, 6.07) is 0. The van der Waals surface area contributed by atoms with Crippen LogP contribution in [0.25, 0.3) is 10.8 Å². The topological polar surface area (TPSA) is 218 Å². The number of rotatable bonds is 3. The number of esters is 1. The number of hydrogen-bond acceptors (Lipinski definition) is 13. The van der Waals surface area contributed by atoms with Crippen molar-refractivity contribution in [1.82, 2.24) is 0 Å². The highest BCUT2D eigenvalue weighted by molar-refractivity contribution is 6.23. The maximum Gasteiger partial charge on any atom is 0.312 e. The fourth-order valence-electron chi connectivity index (χ4n) is 6.86. The molecule has 0 radical (unpaired) electrons. The van der Waals surface area contributed by atoms with E-state index in [2.05, 4.69) is 5.32 Å². The van der Waals surface area contributed by atoms with E-state index in [1.54, 1.807) is 33.8 Å². The molecular formula is C38H47NO13. The number of methoxy groups -OCH3 is 1. The number of carbonyl (C=O) groups excluding carboxylic acids is 4. The van der Waals surface area contributed by atoms with Gasteiger partial charge in [-0.15, -0.1) is 0 Å². The van der Waals surface area contributed by atoms with Crippen LogP contribution in [-0.4, -0.2) is 86.8 Å². The van der Waals surface area contributed by atoms with Crippen LogP contribution in [0.3, 0.4) is 0 Å². The van der Waals surface area contributed by atoms with Gasteiger partial charge in [-0.2, -0.15) is 0 Å². The minimum Gasteiger partial charge on any atom is -0.507 e. The number of benzene rings is 2. The lowest BCUT2D eigenvalue weighted by Crippen LogP contribution is -2.46. The molecule has 2 aromatic rings. The van der Waals surface area contributed by atoms with E-state index in [0.717, 1.165) is 6.26 Å². The molecule has 3 aliphatic rings. The van der Waals surface area contributed by atoms with Gasteiger partial charge in [0.05, 0.1) is 46.8 Å². The Morgan fingerprint density at radius 2 is 1.60 bits per heavy atom. The predicted molar refractivity (Wildman–Crippen MR) is 189 cm³/mol. The molecule has 52 heavy (non-hydrogen) atoms. The molecule has 0 spiro atoms. The predicted octanol–water partition coefficient (Wildman–Crippen LogP) is 4.57. The number of fused-ring (bicyclic) bond motifs is 14. The van der Waals surface area contributed by atoms with Crippen molar-refractivity contribution in [2.24, 2.45) is 23.7 Å². The van der Waals surface area contributed by atoms with Gasteiger partial charge in [-0.05, 0) is 19.9 Å². The second-order valence-corrected chi connectivity index (χ2v) is 13.7. The molecule has 2 aromatic carbocycles. The van der Waals surface area contributed by atoms with Crippen LogP contribution in [0.5, 0.6) is 23.0 Å². The minimum atomic E-state index is -2.08.